The lowest BCUT2D eigenvalue weighted by atomic mass is 10.3. The fraction of sp³-hybridized carbons (Fsp3) is 0.273. The van der Waals surface area contributed by atoms with E-state index in [1.165, 1.54) is 16.8 Å². The summed E-state index contributed by atoms with van der Waals surface area (Å²) in [5, 5.41) is 3.99. The number of nitrogens with two attached hydrogens (primary N) is 1. The van der Waals surface area contributed by atoms with Gasteiger partial charge in [0.05, 0.1) is 10.6 Å². The van der Waals surface area contributed by atoms with Gasteiger partial charge in [0, 0.05) is 6.54 Å². The molecule has 0 fully saturated rings. The van der Waals surface area contributed by atoms with Gasteiger partial charge in [-0.25, -0.2) is 17.8 Å². The van der Waals surface area contributed by atoms with E-state index in [2.05, 4.69) is 30.7 Å². The predicted molar refractivity (Wildman–Crippen MR) is 79.0 cm³/mol. The van der Waals surface area contributed by atoms with Crippen molar-refractivity contribution in [2.75, 3.05) is 12.3 Å². The van der Waals surface area contributed by atoms with Crippen LogP contribution in [0.4, 0.5) is 5.95 Å². The number of benzene rings is 1. The fourth-order valence-corrected chi connectivity index (χ4v) is 3.16. The Hall–Kier alpha value is -1.45. The highest BCUT2D eigenvalue weighted by molar-refractivity contribution is 9.10. The van der Waals surface area contributed by atoms with E-state index in [9.17, 15) is 8.42 Å². The molecule has 1 heterocycles. The molecule has 1 aromatic heterocycles. The van der Waals surface area contributed by atoms with Crippen LogP contribution in [0.25, 0.3) is 5.69 Å². The Labute approximate surface area is 125 Å². The van der Waals surface area contributed by atoms with Gasteiger partial charge in [0.1, 0.15) is 0 Å². The largest absolute Gasteiger partial charge is 0.366 e. The molecule has 1 aromatic carbocycles. The second kappa shape index (κ2) is 5.90. The summed E-state index contributed by atoms with van der Waals surface area (Å²) in [4.78, 5) is 4.12. The number of nitrogens with zero attached hydrogens (tertiary/aromatic N) is 3. The van der Waals surface area contributed by atoms with E-state index in [0.29, 0.717) is 17.0 Å². The molecule has 0 aliphatic heterocycles. The Morgan fingerprint density at radius 3 is 2.50 bits per heavy atom. The van der Waals surface area contributed by atoms with Crippen LogP contribution in [0.5, 0.6) is 0 Å². The Balaban J connectivity index is 2.29. The molecule has 0 saturated carbocycles. The van der Waals surface area contributed by atoms with Gasteiger partial charge in [-0.2, -0.15) is 4.98 Å². The number of hydrogen-bond donors (Lipinski definition) is 2. The monoisotopic (exact) mass is 359 g/mol. The molecule has 3 N–H and O–H groups in total. The van der Waals surface area contributed by atoms with Crippen LogP contribution in [-0.2, 0) is 10.0 Å². The molecule has 0 radical (unpaired) electrons. The first-order valence-corrected chi connectivity index (χ1v) is 8.20. The maximum atomic E-state index is 11.9. The van der Waals surface area contributed by atoms with Crippen LogP contribution in [0.2, 0.25) is 0 Å². The van der Waals surface area contributed by atoms with Gasteiger partial charge in [-0.15, -0.1) is 5.10 Å². The number of anilines is 1. The first-order chi connectivity index (χ1) is 9.44. The molecule has 108 valence electrons. The van der Waals surface area contributed by atoms with E-state index >= 15 is 0 Å². The first-order valence-electron chi connectivity index (χ1n) is 5.92. The van der Waals surface area contributed by atoms with Gasteiger partial charge in [-0.3, -0.25) is 0 Å². The third-order valence-electron chi connectivity index (χ3n) is 2.52. The van der Waals surface area contributed by atoms with Crippen molar-refractivity contribution in [2.24, 2.45) is 0 Å². The lowest BCUT2D eigenvalue weighted by Gasteiger charge is -2.07. The van der Waals surface area contributed by atoms with Crippen LogP contribution in [0.15, 0.2) is 33.9 Å². The summed E-state index contributed by atoms with van der Waals surface area (Å²) in [6.45, 7) is 2.31. The van der Waals surface area contributed by atoms with E-state index in [-0.39, 0.29) is 10.8 Å². The van der Waals surface area contributed by atoms with Crippen molar-refractivity contribution in [3.05, 3.63) is 29.0 Å². The van der Waals surface area contributed by atoms with Crippen LogP contribution in [-0.4, -0.2) is 29.7 Å². The van der Waals surface area contributed by atoms with Crippen LogP contribution >= 0.6 is 15.9 Å². The van der Waals surface area contributed by atoms with Crippen molar-refractivity contribution in [3.8, 4) is 5.69 Å². The second-order valence-corrected chi connectivity index (χ2v) is 6.52. The topological polar surface area (TPSA) is 103 Å². The molecular weight excluding hydrogens is 346 g/mol. The number of nitrogens with one attached hydrogen (secondary N) is 1. The highest BCUT2D eigenvalue weighted by Crippen LogP contribution is 2.17. The standard InChI is InChI=1S/C11H14BrN5O2S/c1-2-7-14-20(18,19)9-5-3-8(4-6-9)17-10(12)15-11(13)16-17/h3-6,14H,2,7H2,1H3,(H2,13,16). The van der Waals surface area contributed by atoms with E-state index in [1.54, 1.807) is 12.1 Å². The maximum Gasteiger partial charge on any atom is 0.240 e. The highest BCUT2D eigenvalue weighted by atomic mass is 79.9. The fourth-order valence-electron chi connectivity index (χ4n) is 1.56. The Kier molecular flexibility index (Phi) is 4.41. The van der Waals surface area contributed by atoms with E-state index in [0.717, 1.165) is 6.42 Å². The number of hydrogen-bond acceptors (Lipinski definition) is 5. The zero-order valence-corrected chi connectivity index (χ0v) is 13.1. The lowest BCUT2D eigenvalue weighted by Crippen LogP contribution is -2.24. The first kappa shape index (κ1) is 14.9. The zero-order chi connectivity index (χ0) is 14.8. The maximum absolute atomic E-state index is 11.9. The van der Waals surface area contributed by atoms with Gasteiger partial charge in [0.2, 0.25) is 20.7 Å². The van der Waals surface area contributed by atoms with E-state index in [1.807, 2.05) is 6.92 Å². The quantitative estimate of drug-likeness (QED) is 0.837. The molecule has 0 aliphatic rings. The summed E-state index contributed by atoms with van der Waals surface area (Å²) < 4.78 is 28.3. The van der Waals surface area contributed by atoms with Crippen molar-refractivity contribution >= 4 is 31.9 Å². The van der Waals surface area contributed by atoms with Crippen LogP contribution < -0.4 is 10.5 Å². The van der Waals surface area contributed by atoms with Gasteiger partial charge >= 0.3 is 0 Å². The van der Waals surface area contributed by atoms with Crippen molar-refractivity contribution in [2.45, 2.75) is 18.2 Å². The Morgan fingerprint density at radius 2 is 2.00 bits per heavy atom. The van der Waals surface area contributed by atoms with Crippen LogP contribution in [0, 0.1) is 0 Å². The number of rotatable bonds is 5. The summed E-state index contributed by atoms with van der Waals surface area (Å²) >= 11 is 3.22. The third kappa shape index (κ3) is 3.17. The highest BCUT2D eigenvalue weighted by Gasteiger charge is 2.14. The summed E-state index contributed by atoms with van der Waals surface area (Å²) in [7, 11) is -3.46. The van der Waals surface area contributed by atoms with Gasteiger partial charge in [0.15, 0.2) is 0 Å². The van der Waals surface area contributed by atoms with E-state index in [4.69, 9.17) is 5.73 Å². The number of halogens is 1. The molecule has 0 amide bonds. The average molecular weight is 360 g/mol. The van der Waals surface area contributed by atoms with E-state index < -0.39 is 10.0 Å². The SMILES string of the molecule is CCCNS(=O)(=O)c1ccc(-n2nc(N)nc2Br)cc1. The normalized spacial score (nSPS) is 11.7. The van der Waals surface area contributed by atoms with Gasteiger partial charge in [-0.1, -0.05) is 6.92 Å². The molecule has 0 spiro atoms. The minimum absolute atomic E-state index is 0.137. The second-order valence-electron chi connectivity index (χ2n) is 4.04. The third-order valence-corrected chi connectivity index (χ3v) is 4.51. The number of sulfonamides is 1. The lowest BCUT2D eigenvalue weighted by molar-refractivity contribution is 0.581. The van der Waals surface area contributed by atoms with Crippen LogP contribution in [0.1, 0.15) is 13.3 Å². The predicted octanol–water partition coefficient (Wildman–Crippen LogP) is 1.30. The van der Waals surface area contributed by atoms with Crippen molar-refractivity contribution in [1.29, 1.82) is 0 Å². The van der Waals surface area contributed by atoms with Crippen molar-refractivity contribution in [1.82, 2.24) is 19.5 Å². The summed E-state index contributed by atoms with van der Waals surface area (Å²) in [5.74, 6) is 0.137. The summed E-state index contributed by atoms with van der Waals surface area (Å²) in [6, 6.07) is 6.30. The molecule has 7 nitrogen and oxygen atoms in total. The molecule has 2 aromatic rings. The summed E-state index contributed by atoms with van der Waals surface area (Å²) in [6.07, 6.45) is 0.739. The molecule has 0 bridgehead atoms. The molecule has 0 aliphatic carbocycles. The van der Waals surface area contributed by atoms with Gasteiger partial charge < -0.3 is 5.73 Å². The molecule has 0 atom stereocenters. The van der Waals surface area contributed by atoms with Crippen molar-refractivity contribution in [3.63, 3.8) is 0 Å². The molecule has 9 heteroatoms. The molecule has 20 heavy (non-hydrogen) atoms. The van der Waals surface area contributed by atoms with Gasteiger partial charge in [-0.05, 0) is 46.6 Å². The van der Waals surface area contributed by atoms with Crippen molar-refractivity contribution < 1.29 is 8.42 Å². The minimum atomic E-state index is -3.46. The molecule has 0 saturated heterocycles. The smallest absolute Gasteiger partial charge is 0.240 e. The average Bonchev–Trinajstić information content (AvgIpc) is 2.76. The zero-order valence-electron chi connectivity index (χ0n) is 10.7. The Bertz CT molecular complexity index is 696. The summed E-state index contributed by atoms with van der Waals surface area (Å²) in [5.41, 5.74) is 6.15. The molecule has 0 unspecified atom stereocenters. The van der Waals surface area contributed by atoms with Gasteiger partial charge in [0.25, 0.3) is 0 Å². The minimum Gasteiger partial charge on any atom is -0.366 e. The number of aromatic nitrogens is 3. The number of nitrogen functional groups attached to an aromatic ring is 1. The Morgan fingerprint density at radius 1 is 1.35 bits per heavy atom. The molecule has 2 rings (SSSR count). The van der Waals surface area contributed by atoms with Crippen LogP contribution in [0.3, 0.4) is 0 Å². The molecular formula is C11H14BrN5O2S.